The third-order valence-electron chi connectivity index (χ3n) is 4.80. The minimum absolute atomic E-state index is 0.238. The van der Waals surface area contributed by atoms with E-state index < -0.39 is 10.0 Å². The number of nitrogens with zero attached hydrogens (tertiary/aromatic N) is 2. The summed E-state index contributed by atoms with van der Waals surface area (Å²) < 4.78 is 26.8. The minimum atomic E-state index is -3.08. The van der Waals surface area contributed by atoms with Gasteiger partial charge in [-0.2, -0.15) is 0 Å². The van der Waals surface area contributed by atoms with Gasteiger partial charge in [-0.05, 0) is 57.0 Å². The number of hydrogen-bond donors (Lipinski definition) is 1. The molecule has 0 unspecified atom stereocenters. The topological polar surface area (TPSA) is 60.9 Å². The number of aliphatic hydroxyl groups is 1. The van der Waals surface area contributed by atoms with E-state index in [1.807, 2.05) is 0 Å². The van der Waals surface area contributed by atoms with E-state index in [4.69, 9.17) is 5.11 Å². The molecule has 2 heterocycles. The molecule has 5 nitrogen and oxygen atoms in total. The lowest BCUT2D eigenvalue weighted by Gasteiger charge is -2.34. The molecular weight excluding hydrogens is 288 g/mol. The Labute approximate surface area is 129 Å². The molecule has 124 valence electrons. The lowest BCUT2D eigenvalue weighted by Crippen LogP contribution is -2.43. The number of piperidine rings is 2. The molecule has 2 aliphatic heterocycles. The maximum absolute atomic E-state index is 12.5. The fourth-order valence-electron chi connectivity index (χ4n) is 3.47. The van der Waals surface area contributed by atoms with Crippen LogP contribution in [0.4, 0.5) is 0 Å². The van der Waals surface area contributed by atoms with Gasteiger partial charge in [0.1, 0.15) is 0 Å². The molecule has 2 saturated heterocycles. The average Bonchev–Trinajstić information content (AvgIpc) is 2.46. The molecule has 0 saturated carbocycles. The highest BCUT2D eigenvalue weighted by Crippen LogP contribution is 2.24. The Morgan fingerprint density at radius 3 is 2.48 bits per heavy atom. The standard InChI is InChI=1S/C15H30N2O3S/c1-14-4-2-8-17(12-14)21(19,20)13-15-5-9-16(10-6-15)7-3-11-18/h14-15,18H,2-13H2,1H3/t14-/m1/s1. The summed E-state index contributed by atoms with van der Waals surface area (Å²) in [6, 6.07) is 0. The predicted octanol–water partition coefficient (Wildman–Crippen LogP) is 1.14. The smallest absolute Gasteiger partial charge is 0.214 e. The fraction of sp³-hybridized carbons (Fsp3) is 1.00. The van der Waals surface area contributed by atoms with Crippen molar-refractivity contribution in [3.8, 4) is 0 Å². The molecule has 0 aromatic heterocycles. The first-order valence-corrected chi connectivity index (χ1v) is 9.93. The van der Waals surface area contributed by atoms with Crippen molar-refractivity contribution in [3.63, 3.8) is 0 Å². The van der Waals surface area contributed by atoms with Gasteiger partial charge in [-0.3, -0.25) is 0 Å². The summed E-state index contributed by atoms with van der Waals surface area (Å²) in [7, 11) is -3.08. The molecule has 0 spiro atoms. The van der Waals surface area contributed by atoms with Gasteiger partial charge in [0, 0.05) is 26.2 Å². The van der Waals surface area contributed by atoms with E-state index in [1.165, 1.54) is 0 Å². The van der Waals surface area contributed by atoms with E-state index in [2.05, 4.69) is 11.8 Å². The molecule has 2 fully saturated rings. The van der Waals surface area contributed by atoms with Crippen LogP contribution in [0.5, 0.6) is 0 Å². The number of likely N-dealkylation sites (tertiary alicyclic amines) is 1. The zero-order valence-corrected chi connectivity index (χ0v) is 14.0. The average molecular weight is 318 g/mol. The summed E-state index contributed by atoms with van der Waals surface area (Å²) >= 11 is 0. The van der Waals surface area contributed by atoms with Crippen molar-refractivity contribution in [2.45, 2.75) is 39.0 Å². The maximum Gasteiger partial charge on any atom is 0.214 e. The van der Waals surface area contributed by atoms with Crippen LogP contribution in [0.1, 0.15) is 39.0 Å². The lowest BCUT2D eigenvalue weighted by atomic mass is 9.99. The molecule has 1 atom stereocenters. The highest BCUT2D eigenvalue weighted by molar-refractivity contribution is 7.89. The van der Waals surface area contributed by atoms with E-state index in [1.54, 1.807) is 4.31 Å². The van der Waals surface area contributed by atoms with Gasteiger partial charge in [-0.15, -0.1) is 0 Å². The molecular formula is C15H30N2O3S. The highest BCUT2D eigenvalue weighted by Gasteiger charge is 2.31. The minimum Gasteiger partial charge on any atom is -0.396 e. The van der Waals surface area contributed by atoms with Crippen molar-refractivity contribution in [2.75, 3.05) is 45.1 Å². The summed E-state index contributed by atoms with van der Waals surface area (Å²) in [5.41, 5.74) is 0. The molecule has 2 rings (SSSR count). The zero-order chi connectivity index (χ0) is 15.3. The van der Waals surface area contributed by atoms with Crippen molar-refractivity contribution in [1.29, 1.82) is 0 Å². The number of aliphatic hydroxyl groups excluding tert-OH is 1. The van der Waals surface area contributed by atoms with Crippen molar-refractivity contribution >= 4 is 10.0 Å². The first kappa shape index (κ1) is 17.2. The molecule has 6 heteroatoms. The lowest BCUT2D eigenvalue weighted by molar-refractivity contribution is 0.173. The van der Waals surface area contributed by atoms with E-state index in [0.29, 0.717) is 30.7 Å². The first-order chi connectivity index (χ1) is 10.0. The monoisotopic (exact) mass is 318 g/mol. The Kier molecular flexibility index (Phi) is 6.47. The zero-order valence-electron chi connectivity index (χ0n) is 13.2. The fourth-order valence-corrected chi connectivity index (χ4v) is 5.50. The van der Waals surface area contributed by atoms with Crippen LogP contribution in [0, 0.1) is 11.8 Å². The van der Waals surface area contributed by atoms with Crippen molar-refractivity contribution in [2.24, 2.45) is 11.8 Å². The second-order valence-corrected chi connectivity index (χ2v) is 8.76. The van der Waals surface area contributed by atoms with Crippen LogP contribution in [0.2, 0.25) is 0 Å². The van der Waals surface area contributed by atoms with E-state index in [0.717, 1.165) is 51.7 Å². The Bertz CT molecular complexity index is 405. The van der Waals surface area contributed by atoms with E-state index in [-0.39, 0.29) is 6.61 Å². The Morgan fingerprint density at radius 2 is 1.86 bits per heavy atom. The Hall–Kier alpha value is -0.170. The third-order valence-corrected chi connectivity index (χ3v) is 6.81. The summed E-state index contributed by atoms with van der Waals surface area (Å²) in [6.45, 7) is 6.66. The van der Waals surface area contributed by atoms with Gasteiger partial charge >= 0.3 is 0 Å². The van der Waals surface area contributed by atoms with Crippen LogP contribution in [0.25, 0.3) is 0 Å². The summed E-state index contributed by atoms with van der Waals surface area (Å²) in [4.78, 5) is 2.34. The summed E-state index contributed by atoms with van der Waals surface area (Å²) in [6.07, 6.45) is 4.89. The van der Waals surface area contributed by atoms with Gasteiger partial charge in [0.25, 0.3) is 0 Å². The third kappa shape index (κ3) is 5.20. The molecule has 21 heavy (non-hydrogen) atoms. The van der Waals surface area contributed by atoms with Crippen molar-refractivity contribution < 1.29 is 13.5 Å². The number of hydrogen-bond acceptors (Lipinski definition) is 4. The molecule has 0 aliphatic carbocycles. The molecule has 2 aliphatic rings. The van der Waals surface area contributed by atoms with Crippen LogP contribution in [-0.4, -0.2) is 67.8 Å². The summed E-state index contributed by atoms with van der Waals surface area (Å²) in [5.74, 6) is 1.12. The van der Waals surface area contributed by atoms with E-state index in [9.17, 15) is 8.42 Å². The Balaban J connectivity index is 1.79. The first-order valence-electron chi connectivity index (χ1n) is 8.32. The maximum atomic E-state index is 12.5. The molecule has 0 aromatic rings. The Morgan fingerprint density at radius 1 is 1.14 bits per heavy atom. The quantitative estimate of drug-likeness (QED) is 0.798. The highest BCUT2D eigenvalue weighted by atomic mass is 32.2. The van der Waals surface area contributed by atoms with Crippen LogP contribution in [-0.2, 0) is 10.0 Å². The van der Waals surface area contributed by atoms with Crippen LogP contribution in [0.15, 0.2) is 0 Å². The van der Waals surface area contributed by atoms with Gasteiger partial charge in [0.05, 0.1) is 5.75 Å². The predicted molar refractivity (Wildman–Crippen MR) is 84.6 cm³/mol. The second-order valence-electron chi connectivity index (χ2n) is 6.75. The van der Waals surface area contributed by atoms with Gasteiger partial charge in [0.2, 0.25) is 10.0 Å². The molecule has 0 radical (unpaired) electrons. The SMILES string of the molecule is C[C@@H]1CCCN(S(=O)(=O)CC2CCN(CCCO)CC2)C1. The molecule has 0 bridgehead atoms. The van der Waals surface area contributed by atoms with Gasteiger partial charge in [-0.1, -0.05) is 6.92 Å². The van der Waals surface area contributed by atoms with E-state index >= 15 is 0 Å². The molecule has 0 amide bonds. The number of sulfonamides is 1. The van der Waals surface area contributed by atoms with Gasteiger partial charge in [0.15, 0.2) is 0 Å². The van der Waals surface area contributed by atoms with Crippen molar-refractivity contribution in [3.05, 3.63) is 0 Å². The van der Waals surface area contributed by atoms with Gasteiger partial charge in [-0.25, -0.2) is 12.7 Å². The van der Waals surface area contributed by atoms with Gasteiger partial charge < -0.3 is 10.0 Å². The summed E-state index contributed by atoms with van der Waals surface area (Å²) in [5, 5.41) is 8.86. The van der Waals surface area contributed by atoms with Crippen molar-refractivity contribution in [1.82, 2.24) is 9.21 Å². The largest absolute Gasteiger partial charge is 0.396 e. The van der Waals surface area contributed by atoms with Crippen LogP contribution >= 0.6 is 0 Å². The number of rotatable bonds is 6. The molecule has 0 aromatic carbocycles. The normalized spacial score (nSPS) is 27.0. The second kappa shape index (κ2) is 7.90. The molecule has 1 N–H and O–H groups in total. The van der Waals surface area contributed by atoms with Crippen LogP contribution < -0.4 is 0 Å². The van der Waals surface area contributed by atoms with Crippen LogP contribution in [0.3, 0.4) is 0 Å².